The van der Waals surface area contributed by atoms with E-state index >= 15 is 0 Å². The minimum atomic E-state index is -0.849. The zero-order valence-electron chi connectivity index (χ0n) is 14.8. The van der Waals surface area contributed by atoms with Gasteiger partial charge in [-0.1, -0.05) is 30.4 Å². The Labute approximate surface area is 155 Å². The molecule has 3 amide bonds. The number of anilines is 1. The highest BCUT2D eigenvalue weighted by atomic mass is 32.1. The first kappa shape index (κ1) is 17.3. The van der Waals surface area contributed by atoms with Gasteiger partial charge in [0.2, 0.25) is 22.9 Å². The molecule has 0 spiro atoms. The quantitative estimate of drug-likeness (QED) is 0.629. The van der Waals surface area contributed by atoms with E-state index in [9.17, 15) is 14.4 Å². The van der Waals surface area contributed by atoms with Crippen LogP contribution in [0, 0.1) is 23.7 Å². The molecule has 1 aliphatic heterocycles. The van der Waals surface area contributed by atoms with Crippen LogP contribution in [0.1, 0.15) is 38.1 Å². The molecular weight excluding hydrogens is 352 g/mol. The molecule has 2 fully saturated rings. The third-order valence-corrected chi connectivity index (χ3v) is 6.62. The largest absolute Gasteiger partial charge is 0.299 e. The molecular formula is C18H22N4O3S. The number of allylic oxidation sites excluding steroid dienone is 2. The Balaban J connectivity index is 1.49. The highest BCUT2D eigenvalue weighted by molar-refractivity contribution is 7.15. The van der Waals surface area contributed by atoms with E-state index in [2.05, 4.69) is 27.7 Å². The summed E-state index contributed by atoms with van der Waals surface area (Å²) in [7, 11) is 0. The van der Waals surface area contributed by atoms with Crippen LogP contribution in [0.25, 0.3) is 0 Å². The van der Waals surface area contributed by atoms with Gasteiger partial charge in [0.15, 0.2) is 0 Å². The molecule has 1 saturated carbocycles. The maximum Gasteiger partial charge on any atom is 0.249 e. The average molecular weight is 374 g/mol. The van der Waals surface area contributed by atoms with Gasteiger partial charge in [-0.3, -0.25) is 24.6 Å². The van der Waals surface area contributed by atoms with Gasteiger partial charge in [-0.15, -0.1) is 10.2 Å². The Kier molecular flexibility index (Phi) is 4.38. The molecule has 3 aliphatic carbocycles. The summed E-state index contributed by atoms with van der Waals surface area (Å²) in [6.45, 7) is 3.65. The zero-order chi connectivity index (χ0) is 18.4. The van der Waals surface area contributed by atoms with E-state index in [1.807, 2.05) is 6.92 Å². The van der Waals surface area contributed by atoms with Gasteiger partial charge in [0.1, 0.15) is 11.0 Å². The molecule has 8 heteroatoms. The van der Waals surface area contributed by atoms with Gasteiger partial charge >= 0.3 is 0 Å². The molecule has 0 aromatic carbocycles. The minimum absolute atomic E-state index is 0.126. The van der Waals surface area contributed by atoms with Crippen molar-refractivity contribution >= 4 is 34.2 Å². The number of hydrogen-bond acceptors (Lipinski definition) is 6. The predicted molar refractivity (Wildman–Crippen MR) is 96.2 cm³/mol. The van der Waals surface area contributed by atoms with Crippen molar-refractivity contribution in [2.75, 3.05) is 5.32 Å². The lowest BCUT2D eigenvalue weighted by molar-refractivity contribution is -0.146. The number of carbonyl (C=O) groups is 3. The Hall–Kier alpha value is -2.09. The maximum absolute atomic E-state index is 12.9. The first-order chi connectivity index (χ1) is 12.5. The van der Waals surface area contributed by atoms with Crippen LogP contribution in [0.3, 0.4) is 0 Å². The van der Waals surface area contributed by atoms with Crippen molar-refractivity contribution < 1.29 is 14.4 Å². The monoisotopic (exact) mass is 374 g/mol. The first-order valence-electron chi connectivity index (χ1n) is 9.19. The Morgan fingerprint density at radius 3 is 2.38 bits per heavy atom. The van der Waals surface area contributed by atoms with Crippen LogP contribution in [-0.2, 0) is 20.8 Å². The van der Waals surface area contributed by atoms with Crippen molar-refractivity contribution in [1.29, 1.82) is 0 Å². The number of fused-ring (bicyclic) bond motifs is 1. The highest BCUT2D eigenvalue weighted by Crippen LogP contribution is 2.49. The van der Waals surface area contributed by atoms with Crippen molar-refractivity contribution in [2.24, 2.45) is 23.7 Å². The second kappa shape index (κ2) is 6.57. The van der Waals surface area contributed by atoms with Gasteiger partial charge < -0.3 is 0 Å². The van der Waals surface area contributed by atoms with Crippen LogP contribution in [0.5, 0.6) is 0 Å². The SMILES string of the molecule is CCCc1nnc(NC(=O)[C@H](C)N2C(=O)[C@@H]3[C@@H](C2=O)[C@H]2C=C[C@H]3CC2)s1. The second-order valence-electron chi connectivity index (χ2n) is 7.30. The lowest BCUT2D eigenvalue weighted by atomic mass is 9.63. The summed E-state index contributed by atoms with van der Waals surface area (Å²) >= 11 is 1.33. The van der Waals surface area contributed by atoms with Gasteiger partial charge in [-0.2, -0.15) is 0 Å². The third-order valence-electron chi connectivity index (χ3n) is 5.72. The van der Waals surface area contributed by atoms with Crippen LogP contribution in [0.4, 0.5) is 5.13 Å². The van der Waals surface area contributed by atoms with E-state index in [-0.39, 0.29) is 35.5 Å². The molecule has 2 heterocycles. The summed E-state index contributed by atoms with van der Waals surface area (Å²) < 4.78 is 0. The van der Waals surface area contributed by atoms with Gasteiger partial charge in [-0.05, 0) is 38.0 Å². The van der Waals surface area contributed by atoms with Crippen LogP contribution in [0.2, 0.25) is 0 Å². The number of likely N-dealkylation sites (tertiary alicyclic amines) is 1. The maximum atomic E-state index is 12.9. The average Bonchev–Trinajstić information content (AvgIpc) is 3.19. The number of rotatable bonds is 5. The van der Waals surface area contributed by atoms with Gasteiger partial charge in [0.25, 0.3) is 0 Å². The lowest BCUT2D eigenvalue weighted by Crippen LogP contribution is -2.46. The number of aryl methyl sites for hydroxylation is 1. The van der Waals surface area contributed by atoms with E-state index in [1.165, 1.54) is 16.2 Å². The Morgan fingerprint density at radius 1 is 1.23 bits per heavy atom. The first-order valence-corrected chi connectivity index (χ1v) is 10.0. The highest BCUT2D eigenvalue weighted by Gasteiger charge is 2.58. The van der Waals surface area contributed by atoms with Crippen molar-refractivity contribution in [1.82, 2.24) is 15.1 Å². The fraction of sp³-hybridized carbons (Fsp3) is 0.611. The van der Waals surface area contributed by atoms with Gasteiger partial charge in [-0.25, -0.2) is 0 Å². The fourth-order valence-corrected chi connectivity index (χ4v) is 5.27. The Bertz CT molecular complexity index is 757. The van der Waals surface area contributed by atoms with E-state index in [4.69, 9.17) is 0 Å². The molecule has 26 heavy (non-hydrogen) atoms. The van der Waals surface area contributed by atoms with Crippen LogP contribution >= 0.6 is 11.3 Å². The number of amides is 3. The van der Waals surface area contributed by atoms with Gasteiger partial charge in [0, 0.05) is 6.42 Å². The van der Waals surface area contributed by atoms with Crippen LogP contribution in [-0.4, -0.2) is 38.9 Å². The fourth-order valence-electron chi connectivity index (χ4n) is 4.43. The van der Waals surface area contributed by atoms with Crippen molar-refractivity contribution in [3.8, 4) is 0 Å². The Morgan fingerprint density at radius 2 is 1.85 bits per heavy atom. The minimum Gasteiger partial charge on any atom is -0.299 e. The number of nitrogens with one attached hydrogen (secondary N) is 1. The lowest BCUT2D eigenvalue weighted by Gasteiger charge is -2.38. The molecule has 138 valence electrons. The smallest absolute Gasteiger partial charge is 0.249 e. The second-order valence-corrected chi connectivity index (χ2v) is 8.37. The molecule has 0 radical (unpaired) electrons. The van der Waals surface area contributed by atoms with E-state index in [1.54, 1.807) is 6.92 Å². The van der Waals surface area contributed by atoms with Crippen molar-refractivity contribution in [3.05, 3.63) is 17.2 Å². The van der Waals surface area contributed by atoms with Crippen molar-refractivity contribution in [2.45, 2.75) is 45.6 Å². The molecule has 2 bridgehead atoms. The normalized spacial score (nSPS) is 30.6. The van der Waals surface area contributed by atoms with E-state index < -0.39 is 11.9 Å². The molecule has 1 N–H and O–H groups in total. The number of carbonyl (C=O) groups excluding carboxylic acids is 3. The number of nitrogens with zero attached hydrogens (tertiary/aromatic N) is 3. The topological polar surface area (TPSA) is 92.3 Å². The number of imide groups is 1. The number of hydrogen-bond donors (Lipinski definition) is 1. The summed E-state index contributed by atoms with van der Waals surface area (Å²) in [5, 5.41) is 12.0. The van der Waals surface area contributed by atoms with Crippen molar-refractivity contribution in [3.63, 3.8) is 0 Å². The van der Waals surface area contributed by atoms with Crippen LogP contribution < -0.4 is 5.32 Å². The molecule has 1 aromatic rings. The molecule has 1 saturated heterocycles. The van der Waals surface area contributed by atoms with E-state index in [0.717, 1.165) is 30.7 Å². The predicted octanol–water partition coefficient (Wildman–Crippen LogP) is 2.01. The van der Waals surface area contributed by atoms with Gasteiger partial charge in [0.05, 0.1) is 11.8 Å². The molecule has 1 aromatic heterocycles. The number of aromatic nitrogens is 2. The molecule has 7 nitrogen and oxygen atoms in total. The third kappa shape index (κ3) is 2.67. The molecule has 0 unspecified atom stereocenters. The molecule has 5 atom stereocenters. The molecule has 5 rings (SSSR count). The standard InChI is InChI=1S/C18H22N4O3S/c1-3-4-12-20-21-18(26-12)19-15(23)9(2)22-16(24)13-10-5-6-11(8-7-10)14(13)17(22)25/h5-6,9-11,13-14H,3-4,7-8H2,1-2H3,(H,19,21,23)/t9-,10-,11-,13-,14-/m0/s1. The summed E-state index contributed by atoms with van der Waals surface area (Å²) in [4.78, 5) is 39.6. The summed E-state index contributed by atoms with van der Waals surface area (Å²) in [5.41, 5.74) is 0. The summed E-state index contributed by atoms with van der Waals surface area (Å²) in [6, 6.07) is -0.849. The summed E-state index contributed by atoms with van der Waals surface area (Å²) in [6.07, 6.45) is 7.80. The molecule has 4 aliphatic rings. The van der Waals surface area contributed by atoms with E-state index in [0.29, 0.717) is 5.13 Å². The summed E-state index contributed by atoms with van der Waals surface area (Å²) in [5.74, 6) is -1.14. The van der Waals surface area contributed by atoms with Crippen LogP contribution in [0.15, 0.2) is 12.2 Å². The zero-order valence-corrected chi connectivity index (χ0v) is 15.7.